The topological polar surface area (TPSA) is 110 Å². The lowest BCUT2D eigenvalue weighted by atomic mass is 10.1. The Morgan fingerprint density at radius 2 is 1.97 bits per heavy atom. The Bertz CT molecular complexity index is 1440. The average molecular weight is 514 g/mol. The lowest BCUT2D eigenvalue weighted by Gasteiger charge is -2.32. The third-order valence-corrected chi connectivity index (χ3v) is 6.53. The van der Waals surface area contributed by atoms with Crippen molar-refractivity contribution in [2.45, 2.75) is 45.8 Å². The van der Waals surface area contributed by atoms with E-state index >= 15 is 0 Å². The summed E-state index contributed by atoms with van der Waals surface area (Å²) >= 11 is 0. The molecule has 0 radical (unpaired) electrons. The molecule has 4 aromatic rings. The van der Waals surface area contributed by atoms with Gasteiger partial charge in [0.05, 0.1) is 23.2 Å². The first-order valence-electron chi connectivity index (χ1n) is 12.7. The molecule has 0 aliphatic carbocycles. The van der Waals surface area contributed by atoms with Gasteiger partial charge in [0.15, 0.2) is 6.10 Å². The summed E-state index contributed by atoms with van der Waals surface area (Å²) in [5.74, 6) is 2.32. The van der Waals surface area contributed by atoms with E-state index in [0.717, 1.165) is 29.1 Å². The number of piperidine rings is 1. The van der Waals surface area contributed by atoms with Crippen LogP contribution in [0.1, 0.15) is 31.0 Å². The van der Waals surface area contributed by atoms with Gasteiger partial charge in [0.1, 0.15) is 29.4 Å². The fourth-order valence-corrected chi connectivity index (χ4v) is 4.54. The van der Waals surface area contributed by atoms with Crippen molar-refractivity contribution in [2.75, 3.05) is 18.4 Å². The zero-order valence-electron chi connectivity index (χ0n) is 21.7. The van der Waals surface area contributed by atoms with E-state index in [-0.39, 0.29) is 5.91 Å². The van der Waals surface area contributed by atoms with Gasteiger partial charge < -0.3 is 24.8 Å². The molecule has 2 aromatic carbocycles. The number of amides is 1. The summed E-state index contributed by atoms with van der Waals surface area (Å²) in [6, 6.07) is 15.1. The molecular weight excluding hydrogens is 482 g/mol. The first kappa shape index (κ1) is 25.4. The molecule has 2 atom stereocenters. The van der Waals surface area contributed by atoms with Crippen molar-refractivity contribution < 1.29 is 19.4 Å². The van der Waals surface area contributed by atoms with Crippen LogP contribution < -0.4 is 14.8 Å². The molecule has 1 aliphatic heterocycles. The number of anilines is 2. The van der Waals surface area contributed by atoms with Gasteiger partial charge in [-0.25, -0.2) is 9.97 Å². The molecule has 1 fully saturated rings. The summed E-state index contributed by atoms with van der Waals surface area (Å²) < 4.78 is 12.1. The molecule has 1 aliphatic rings. The van der Waals surface area contributed by atoms with E-state index in [2.05, 4.69) is 20.3 Å². The highest BCUT2D eigenvalue weighted by atomic mass is 16.5. The maximum absolute atomic E-state index is 13.0. The van der Waals surface area contributed by atoms with Crippen LogP contribution in [0.25, 0.3) is 10.9 Å². The number of ether oxygens (including phenoxy) is 2. The van der Waals surface area contributed by atoms with Crippen LogP contribution in [0.2, 0.25) is 0 Å². The standard InChI is InChI=1S/C29H31N5O4/c1-18-14-21(10-12-25(18)38-23-11-9-19(2)30-15-23)33-28-27-24(31-17-32-28)7-4-8-26(27)37-20(3)29(36)34-13-5-6-22(35)16-34/h4,7-12,14-15,17,20,22,35H,5-6,13,16H2,1-3H3,(H,31,32,33)/t20-,22?/m1/s1. The molecule has 196 valence electrons. The minimum Gasteiger partial charge on any atom is -0.480 e. The number of aryl methyl sites for hydroxylation is 2. The highest BCUT2D eigenvalue weighted by molar-refractivity contribution is 5.96. The van der Waals surface area contributed by atoms with Gasteiger partial charge in [-0.15, -0.1) is 0 Å². The van der Waals surface area contributed by atoms with Gasteiger partial charge >= 0.3 is 0 Å². The lowest BCUT2D eigenvalue weighted by molar-refractivity contribution is -0.140. The largest absolute Gasteiger partial charge is 0.480 e. The summed E-state index contributed by atoms with van der Waals surface area (Å²) in [6.45, 7) is 6.58. The molecule has 0 spiro atoms. The first-order chi connectivity index (χ1) is 18.4. The van der Waals surface area contributed by atoms with Gasteiger partial charge in [-0.3, -0.25) is 9.78 Å². The van der Waals surface area contributed by atoms with E-state index in [1.54, 1.807) is 18.0 Å². The first-order valence-corrected chi connectivity index (χ1v) is 12.7. The lowest BCUT2D eigenvalue weighted by Crippen LogP contribution is -2.47. The molecule has 0 bridgehead atoms. The number of aliphatic hydroxyl groups excluding tert-OH is 1. The van der Waals surface area contributed by atoms with Crippen LogP contribution in [0.15, 0.2) is 61.1 Å². The van der Waals surface area contributed by atoms with E-state index in [9.17, 15) is 9.90 Å². The van der Waals surface area contributed by atoms with E-state index in [1.165, 1.54) is 6.33 Å². The number of pyridine rings is 1. The summed E-state index contributed by atoms with van der Waals surface area (Å²) in [6.07, 6.45) is 3.47. The number of benzene rings is 2. The normalized spacial score (nSPS) is 16.2. The second-order valence-electron chi connectivity index (χ2n) is 9.56. The zero-order valence-corrected chi connectivity index (χ0v) is 21.7. The van der Waals surface area contributed by atoms with Crippen molar-refractivity contribution in [1.29, 1.82) is 0 Å². The molecule has 9 nitrogen and oxygen atoms in total. The number of nitrogens with one attached hydrogen (secondary N) is 1. The molecule has 9 heteroatoms. The second kappa shape index (κ2) is 11.0. The SMILES string of the molecule is Cc1ccc(Oc2ccc(Nc3ncnc4cccc(O[C@H](C)C(=O)N5CCCC(O)C5)c34)cc2C)cn1. The van der Waals surface area contributed by atoms with Crippen LogP contribution in [-0.2, 0) is 4.79 Å². The van der Waals surface area contributed by atoms with Gasteiger partial charge in [-0.2, -0.15) is 0 Å². The van der Waals surface area contributed by atoms with Crippen molar-refractivity contribution in [3.05, 3.63) is 72.3 Å². The number of carbonyl (C=O) groups is 1. The number of likely N-dealkylation sites (tertiary alicyclic amines) is 1. The number of hydrogen-bond donors (Lipinski definition) is 2. The Kier molecular flexibility index (Phi) is 7.37. The Hall–Kier alpha value is -4.24. The predicted octanol–water partition coefficient (Wildman–Crippen LogP) is 4.93. The van der Waals surface area contributed by atoms with Crippen LogP contribution in [-0.4, -0.2) is 56.2 Å². The number of aliphatic hydroxyl groups is 1. The molecule has 1 amide bonds. The maximum atomic E-state index is 13.0. The highest BCUT2D eigenvalue weighted by Gasteiger charge is 2.27. The molecule has 1 unspecified atom stereocenters. The van der Waals surface area contributed by atoms with E-state index in [0.29, 0.717) is 47.7 Å². The van der Waals surface area contributed by atoms with Crippen LogP contribution >= 0.6 is 0 Å². The molecule has 1 saturated heterocycles. The molecule has 5 rings (SSSR count). The third-order valence-electron chi connectivity index (χ3n) is 6.53. The fraction of sp³-hybridized carbons (Fsp3) is 0.310. The average Bonchev–Trinajstić information content (AvgIpc) is 2.91. The molecule has 38 heavy (non-hydrogen) atoms. The highest BCUT2D eigenvalue weighted by Crippen LogP contribution is 2.34. The van der Waals surface area contributed by atoms with Crippen LogP contribution in [0, 0.1) is 13.8 Å². The van der Waals surface area contributed by atoms with E-state index < -0.39 is 12.2 Å². The third kappa shape index (κ3) is 5.68. The van der Waals surface area contributed by atoms with Crippen molar-refractivity contribution in [1.82, 2.24) is 19.9 Å². The minimum atomic E-state index is -0.728. The molecule has 3 heterocycles. The summed E-state index contributed by atoms with van der Waals surface area (Å²) in [7, 11) is 0. The Labute approximate surface area is 221 Å². The zero-order chi connectivity index (χ0) is 26.6. The molecule has 2 aromatic heterocycles. The van der Waals surface area contributed by atoms with Crippen molar-refractivity contribution >= 4 is 28.3 Å². The quantitative estimate of drug-likeness (QED) is 0.358. The maximum Gasteiger partial charge on any atom is 0.263 e. The molecule has 0 saturated carbocycles. The number of hydrogen-bond acceptors (Lipinski definition) is 8. The molecular formula is C29H31N5O4. The number of β-amino-alcohol motifs (C(OH)–C–C–N with tert-alkyl or cyclic N) is 1. The van der Waals surface area contributed by atoms with Crippen LogP contribution in [0.5, 0.6) is 17.2 Å². The van der Waals surface area contributed by atoms with Crippen molar-refractivity contribution in [3.63, 3.8) is 0 Å². The van der Waals surface area contributed by atoms with Gasteiger partial charge in [0, 0.05) is 24.5 Å². The van der Waals surface area contributed by atoms with Crippen LogP contribution in [0.3, 0.4) is 0 Å². The van der Waals surface area contributed by atoms with Crippen molar-refractivity contribution in [3.8, 4) is 17.2 Å². The molecule has 2 N–H and O–H groups in total. The second-order valence-corrected chi connectivity index (χ2v) is 9.56. The van der Waals surface area contributed by atoms with E-state index in [4.69, 9.17) is 9.47 Å². The Morgan fingerprint density at radius 3 is 2.74 bits per heavy atom. The summed E-state index contributed by atoms with van der Waals surface area (Å²) in [4.78, 5) is 27.8. The van der Waals surface area contributed by atoms with E-state index in [1.807, 2.05) is 62.4 Å². The van der Waals surface area contributed by atoms with Gasteiger partial charge in [0.2, 0.25) is 0 Å². The monoisotopic (exact) mass is 513 g/mol. The Morgan fingerprint density at radius 1 is 1.11 bits per heavy atom. The number of aromatic nitrogens is 3. The number of rotatable bonds is 7. The van der Waals surface area contributed by atoms with Crippen molar-refractivity contribution in [2.24, 2.45) is 0 Å². The van der Waals surface area contributed by atoms with Gasteiger partial charge in [-0.05, 0) is 81.6 Å². The Balaban J connectivity index is 1.37. The number of nitrogens with zero attached hydrogens (tertiary/aromatic N) is 4. The predicted molar refractivity (Wildman–Crippen MR) is 145 cm³/mol. The minimum absolute atomic E-state index is 0.151. The smallest absolute Gasteiger partial charge is 0.263 e. The van der Waals surface area contributed by atoms with Gasteiger partial charge in [0.25, 0.3) is 5.91 Å². The summed E-state index contributed by atoms with van der Waals surface area (Å²) in [5.41, 5.74) is 3.38. The number of fused-ring (bicyclic) bond motifs is 1. The van der Waals surface area contributed by atoms with Crippen LogP contribution in [0.4, 0.5) is 11.5 Å². The number of carbonyl (C=O) groups excluding carboxylic acids is 1. The fourth-order valence-electron chi connectivity index (χ4n) is 4.54. The summed E-state index contributed by atoms with van der Waals surface area (Å²) in [5, 5.41) is 14.0. The van der Waals surface area contributed by atoms with Gasteiger partial charge in [-0.1, -0.05) is 6.07 Å².